The lowest BCUT2D eigenvalue weighted by Crippen LogP contribution is -2.34. The summed E-state index contributed by atoms with van der Waals surface area (Å²) in [5, 5.41) is 0. The van der Waals surface area contributed by atoms with Crippen molar-refractivity contribution in [2.24, 2.45) is 5.73 Å². The molecule has 0 atom stereocenters. The van der Waals surface area contributed by atoms with E-state index in [9.17, 15) is 0 Å². The third-order valence-electron chi connectivity index (χ3n) is 1.67. The molecule has 0 aliphatic carbocycles. The van der Waals surface area contributed by atoms with Crippen LogP contribution in [0.3, 0.4) is 0 Å². The van der Waals surface area contributed by atoms with E-state index in [4.69, 9.17) is 5.73 Å². The van der Waals surface area contributed by atoms with Gasteiger partial charge in [0.05, 0.1) is 5.69 Å². The SMILES string of the molecule is Cc1cccc(CSCC(C)(C)N)n1. The number of nitrogens with two attached hydrogens (primary N) is 1. The fourth-order valence-electron chi connectivity index (χ4n) is 1.10. The van der Waals surface area contributed by atoms with E-state index in [1.807, 2.05) is 44.7 Å². The van der Waals surface area contributed by atoms with Gasteiger partial charge in [0.15, 0.2) is 0 Å². The second-order valence-electron chi connectivity index (χ2n) is 4.25. The van der Waals surface area contributed by atoms with Crippen LogP contribution in [0.15, 0.2) is 18.2 Å². The van der Waals surface area contributed by atoms with E-state index in [1.165, 1.54) is 0 Å². The molecule has 0 fully saturated rings. The highest BCUT2D eigenvalue weighted by molar-refractivity contribution is 7.98. The molecule has 1 aromatic rings. The van der Waals surface area contributed by atoms with E-state index in [0.717, 1.165) is 22.9 Å². The maximum absolute atomic E-state index is 5.89. The van der Waals surface area contributed by atoms with E-state index in [1.54, 1.807) is 0 Å². The van der Waals surface area contributed by atoms with Gasteiger partial charge in [-0.05, 0) is 32.9 Å². The maximum atomic E-state index is 5.89. The Morgan fingerprint density at radius 1 is 1.43 bits per heavy atom. The minimum absolute atomic E-state index is 0.0888. The molecule has 0 radical (unpaired) electrons. The van der Waals surface area contributed by atoms with E-state index < -0.39 is 0 Å². The van der Waals surface area contributed by atoms with Gasteiger partial charge in [-0.15, -0.1) is 0 Å². The van der Waals surface area contributed by atoms with Crippen LogP contribution in [0.5, 0.6) is 0 Å². The molecule has 2 nitrogen and oxygen atoms in total. The summed E-state index contributed by atoms with van der Waals surface area (Å²) in [6, 6.07) is 6.12. The lowest BCUT2D eigenvalue weighted by molar-refractivity contribution is 0.591. The molecule has 1 heterocycles. The normalized spacial score (nSPS) is 11.7. The molecule has 1 rings (SSSR count). The zero-order chi connectivity index (χ0) is 10.6. The molecule has 0 aromatic carbocycles. The van der Waals surface area contributed by atoms with Crippen LogP contribution >= 0.6 is 11.8 Å². The van der Waals surface area contributed by atoms with Crippen LogP contribution in [0.2, 0.25) is 0 Å². The highest BCUT2D eigenvalue weighted by atomic mass is 32.2. The van der Waals surface area contributed by atoms with Gasteiger partial charge in [-0.3, -0.25) is 4.98 Å². The molecule has 2 N–H and O–H groups in total. The quantitative estimate of drug-likeness (QED) is 0.829. The fraction of sp³-hybridized carbons (Fsp3) is 0.545. The summed E-state index contributed by atoms with van der Waals surface area (Å²) >= 11 is 1.83. The van der Waals surface area contributed by atoms with Crippen molar-refractivity contribution in [3.05, 3.63) is 29.6 Å². The number of rotatable bonds is 4. The Balaban J connectivity index is 2.39. The summed E-state index contributed by atoms with van der Waals surface area (Å²) in [5.41, 5.74) is 8.02. The number of pyridine rings is 1. The molecule has 3 heteroatoms. The minimum atomic E-state index is -0.0888. The summed E-state index contributed by atoms with van der Waals surface area (Å²) in [6.07, 6.45) is 0. The van der Waals surface area contributed by atoms with Crippen molar-refractivity contribution < 1.29 is 0 Å². The zero-order valence-electron chi connectivity index (χ0n) is 9.08. The van der Waals surface area contributed by atoms with Crippen molar-refractivity contribution in [2.75, 3.05) is 5.75 Å². The number of hydrogen-bond donors (Lipinski definition) is 1. The summed E-state index contributed by atoms with van der Waals surface area (Å²) in [5.74, 6) is 1.91. The van der Waals surface area contributed by atoms with Gasteiger partial charge in [0.1, 0.15) is 0 Å². The number of nitrogens with zero attached hydrogens (tertiary/aromatic N) is 1. The lowest BCUT2D eigenvalue weighted by Gasteiger charge is -2.17. The van der Waals surface area contributed by atoms with Crippen LogP contribution in [0.25, 0.3) is 0 Å². The van der Waals surface area contributed by atoms with Gasteiger partial charge in [0.2, 0.25) is 0 Å². The second kappa shape index (κ2) is 4.80. The van der Waals surface area contributed by atoms with E-state index >= 15 is 0 Å². The van der Waals surface area contributed by atoms with E-state index in [0.29, 0.717) is 0 Å². The van der Waals surface area contributed by atoms with E-state index in [-0.39, 0.29) is 5.54 Å². The van der Waals surface area contributed by atoms with Crippen molar-refractivity contribution in [3.8, 4) is 0 Å². The summed E-state index contributed by atoms with van der Waals surface area (Å²) in [6.45, 7) is 6.11. The molecule has 0 saturated heterocycles. The van der Waals surface area contributed by atoms with Crippen molar-refractivity contribution in [1.29, 1.82) is 0 Å². The van der Waals surface area contributed by atoms with Crippen molar-refractivity contribution in [3.63, 3.8) is 0 Å². The number of aromatic nitrogens is 1. The lowest BCUT2D eigenvalue weighted by atomic mass is 10.1. The van der Waals surface area contributed by atoms with Crippen molar-refractivity contribution in [1.82, 2.24) is 4.98 Å². The Hall–Kier alpha value is -0.540. The minimum Gasteiger partial charge on any atom is -0.325 e. The molecule has 14 heavy (non-hydrogen) atoms. The molecule has 1 aromatic heterocycles. The standard InChI is InChI=1S/C11H18N2S/c1-9-5-4-6-10(13-9)7-14-8-11(2,3)12/h4-6H,7-8,12H2,1-3H3. The average molecular weight is 210 g/mol. The molecule has 0 aliphatic rings. The topological polar surface area (TPSA) is 38.9 Å². The second-order valence-corrected chi connectivity index (χ2v) is 5.24. The summed E-state index contributed by atoms with van der Waals surface area (Å²) < 4.78 is 0. The highest BCUT2D eigenvalue weighted by Gasteiger charge is 2.10. The van der Waals surface area contributed by atoms with Gasteiger partial charge >= 0.3 is 0 Å². The summed E-state index contributed by atoms with van der Waals surface area (Å²) in [7, 11) is 0. The smallest absolute Gasteiger partial charge is 0.0505 e. The zero-order valence-corrected chi connectivity index (χ0v) is 9.90. The predicted octanol–water partition coefficient (Wildman–Crippen LogP) is 2.36. The molecular weight excluding hydrogens is 192 g/mol. The first-order chi connectivity index (χ1) is 6.47. The van der Waals surface area contributed by atoms with Crippen LogP contribution in [0.4, 0.5) is 0 Å². The largest absolute Gasteiger partial charge is 0.325 e. The molecule has 0 saturated carbocycles. The molecule has 0 unspecified atom stereocenters. The molecule has 0 aliphatic heterocycles. The maximum Gasteiger partial charge on any atom is 0.0505 e. The van der Waals surface area contributed by atoms with Crippen LogP contribution in [0.1, 0.15) is 25.2 Å². The van der Waals surface area contributed by atoms with Gasteiger partial charge in [-0.1, -0.05) is 6.07 Å². The van der Waals surface area contributed by atoms with Gasteiger partial charge in [-0.25, -0.2) is 0 Å². The van der Waals surface area contributed by atoms with E-state index in [2.05, 4.69) is 11.1 Å². The van der Waals surface area contributed by atoms with Crippen LogP contribution in [-0.4, -0.2) is 16.3 Å². The van der Waals surface area contributed by atoms with Crippen LogP contribution in [-0.2, 0) is 5.75 Å². The van der Waals surface area contributed by atoms with Gasteiger partial charge in [0, 0.05) is 22.7 Å². The third kappa shape index (κ3) is 4.63. The average Bonchev–Trinajstić information content (AvgIpc) is 2.01. The Bertz CT molecular complexity index is 292. The first kappa shape index (κ1) is 11.5. The third-order valence-corrected chi connectivity index (χ3v) is 3.12. The first-order valence-electron chi connectivity index (χ1n) is 4.76. The molecule has 0 bridgehead atoms. The van der Waals surface area contributed by atoms with Gasteiger partial charge in [-0.2, -0.15) is 11.8 Å². The number of hydrogen-bond acceptors (Lipinski definition) is 3. The Kier molecular flexibility index (Phi) is 3.96. The molecular formula is C11H18N2S. The van der Waals surface area contributed by atoms with Crippen molar-refractivity contribution in [2.45, 2.75) is 32.1 Å². The van der Waals surface area contributed by atoms with Crippen molar-refractivity contribution >= 4 is 11.8 Å². The van der Waals surface area contributed by atoms with Gasteiger partial charge in [0.25, 0.3) is 0 Å². The van der Waals surface area contributed by atoms with Gasteiger partial charge < -0.3 is 5.73 Å². The summed E-state index contributed by atoms with van der Waals surface area (Å²) in [4.78, 5) is 4.43. The first-order valence-corrected chi connectivity index (χ1v) is 5.92. The Morgan fingerprint density at radius 2 is 2.14 bits per heavy atom. The molecule has 78 valence electrons. The predicted molar refractivity (Wildman–Crippen MR) is 63.4 cm³/mol. The highest BCUT2D eigenvalue weighted by Crippen LogP contribution is 2.15. The fourth-order valence-corrected chi connectivity index (χ4v) is 2.10. The Labute approximate surface area is 90.3 Å². The Morgan fingerprint density at radius 3 is 2.71 bits per heavy atom. The monoisotopic (exact) mass is 210 g/mol. The molecule has 0 amide bonds. The number of thioether (sulfide) groups is 1. The van der Waals surface area contributed by atoms with Crippen LogP contribution < -0.4 is 5.73 Å². The van der Waals surface area contributed by atoms with Crippen LogP contribution in [0, 0.1) is 6.92 Å². The number of aryl methyl sites for hydroxylation is 1. The molecule has 0 spiro atoms.